The summed E-state index contributed by atoms with van der Waals surface area (Å²) >= 11 is 0.497. The van der Waals surface area contributed by atoms with Crippen LogP contribution in [0, 0.1) is 0 Å². The molecule has 0 bridgehead atoms. The van der Waals surface area contributed by atoms with E-state index in [4.69, 9.17) is 16.1 Å². The van der Waals surface area contributed by atoms with Crippen LogP contribution in [0.15, 0.2) is 90.9 Å². The summed E-state index contributed by atoms with van der Waals surface area (Å²) in [6.07, 6.45) is 0. The molecule has 0 aromatic heterocycles. The van der Waals surface area contributed by atoms with Gasteiger partial charge in [-0.3, -0.25) is 0 Å². The molecule has 4 rings (SSSR count). The van der Waals surface area contributed by atoms with Crippen LogP contribution < -0.4 is 10.9 Å². The Bertz CT molecular complexity index is 1700. The lowest BCUT2D eigenvalue weighted by molar-refractivity contribution is -0.432. The molecule has 4 aromatic rings. The Morgan fingerprint density at radius 2 is 1.61 bits per heavy atom. The summed E-state index contributed by atoms with van der Waals surface area (Å²) in [5, 5.41) is 64.6. The fraction of sp³-hybridized carbons (Fsp3) is 0. The van der Waals surface area contributed by atoms with E-state index in [0.717, 1.165) is 18.2 Å². The van der Waals surface area contributed by atoms with E-state index in [9.17, 15) is 23.7 Å². The molecule has 0 atom stereocenters. The highest BCUT2D eigenvalue weighted by molar-refractivity contribution is 7.94. The Morgan fingerprint density at radius 1 is 0.842 bits per heavy atom. The molecule has 0 unspecified atom stereocenters. The molecule has 14 nitrogen and oxygen atoms in total. The molecule has 0 aliphatic rings. The van der Waals surface area contributed by atoms with Gasteiger partial charge >= 0.3 is 0 Å². The lowest BCUT2D eigenvalue weighted by atomic mass is 10.1. The normalized spacial score (nSPS) is 12.2. The summed E-state index contributed by atoms with van der Waals surface area (Å²) in [4.78, 5) is -0.177. The van der Waals surface area contributed by atoms with Crippen LogP contribution in [0.2, 0.25) is 0 Å². The van der Waals surface area contributed by atoms with E-state index < -0.39 is 21.5 Å². The molecule has 0 saturated carbocycles. The zero-order valence-corrected chi connectivity index (χ0v) is 20.6. The van der Waals surface area contributed by atoms with Crippen molar-refractivity contribution in [2.75, 3.05) is 5.73 Å². The molecule has 0 amide bonds. The third kappa shape index (κ3) is 5.97. The second-order valence-corrected chi connectivity index (χ2v) is 9.85. The van der Waals surface area contributed by atoms with Crippen molar-refractivity contribution in [1.82, 2.24) is 0 Å². The quantitative estimate of drug-likeness (QED) is 0.0526. The van der Waals surface area contributed by atoms with Crippen molar-refractivity contribution in [2.45, 2.75) is 9.79 Å². The van der Waals surface area contributed by atoms with Crippen LogP contribution in [0.3, 0.4) is 0 Å². The third-order valence-corrected chi connectivity index (χ3v) is 6.54. The molecule has 16 heteroatoms. The first kappa shape index (κ1) is 26.7. The number of anilines is 1. The lowest BCUT2D eigenvalue weighted by Crippen LogP contribution is -2.11. The predicted molar refractivity (Wildman–Crippen MR) is 137 cm³/mol. The van der Waals surface area contributed by atoms with Gasteiger partial charge in [-0.15, -0.1) is 19.7 Å². The number of hydrogen-bond acceptors (Lipinski definition) is 14. The highest BCUT2D eigenvalue weighted by Crippen LogP contribution is 2.45. The van der Waals surface area contributed by atoms with E-state index in [2.05, 4.69) is 29.8 Å². The van der Waals surface area contributed by atoms with Crippen LogP contribution in [-0.2, 0) is 19.4 Å². The van der Waals surface area contributed by atoms with Crippen LogP contribution in [0.25, 0.3) is 10.8 Å². The summed E-state index contributed by atoms with van der Waals surface area (Å²) in [5.41, 5.74) is 6.26. The first-order valence-electron chi connectivity index (χ1n) is 10.3. The van der Waals surface area contributed by atoms with E-state index in [0.29, 0.717) is 28.8 Å². The number of rotatable bonds is 8. The molecular weight excluding hydrogens is 540 g/mol. The van der Waals surface area contributed by atoms with Gasteiger partial charge in [-0.05, 0) is 53.9 Å². The molecule has 196 valence electrons. The van der Waals surface area contributed by atoms with Gasteiger partial charge in [-0.25, -0.2) is 18.8 Å². The fourth-order valence-electron chi connectivity index (χ4n) is 3.21. The number of phenols is 3. The van der Waals surface area contributed by atoms with E-state index in [1.807, 2.05) is 0 Å². The molecule has 0 fully saturated rings. The number of nitrogen functional groups attached to an aromatic ring is 1. The SMILES string of the molecule is Nc1cc(O)ccc1N=Nc1ccc2cc(SOOO)c(N=Nc3cc(S(N)(=O)=O)ccc3O)c(O)c2c1. The van der Waals surface area contributed by atoms with Crippen molar-refractivity contribution in [3.05, 3.63) is 60.7 Å². The second kappa shape index (κ2) is 11.0. The van der Waals surface area contributed by atoms with Crippen molar-refractivity contribution in [3.8, 4) is 17.2 Å². The maximum Gasteiger partial charge on any atom is 0.238 e. The second-order valence-electron chi connectivity index (χ2n) is 7.54. The highest BCUT2D eigenvalue weighted by atomic mass is 32.2. The molecule has 0 aliphatic carbocycles. The summed E-state index contributed by atoms with van der Waals surface area (Å²) in [5.74, 6) is -0.812. The number of phenolic OH excluding ortho intramolecular Hbond substituents is 3. The Hall–Kier alpha value is -4.32. The van der Waals surface area contributed by atoms with Crippen LogP contribution >= 0.6 is 12.0 Å². The highest BCUT2D eigenvalue weighted by Gasteiger charge is 2.17. The molecule has 0 spiro atoms. The van der Waals surface area contributed by atoms with Crippen molar-refractivity contribution < 1.29 is 38.4 Å². The van der Waals surface area contributed by atoms with E-state index in [1.165, 1.54) is 30.3 Å². The molecular formula is C22H18N6O8S2. The van der Waals surface area contributed by atoms with Crippen LogP contribution in [-0.4, -0.2) is 29.0 Å². The number of nitrogens with two attached hydrogens (primary N) is 2. The Kier molecular flexibility index (Phi) is 7.72. The van der Waals surface area contributed by atoms with Crippen LogP contribution in [0.1, 0.15) is 0 Å². The summed E-state index contributed by atoms with van der Waals surface area (Å²) < 4.78 is 27.8. The first-order valence-corrected chi connectivity index (χ1v) is 12.6. The van der Waals surface area contributed by atoms with Gasteiger partial charge in [0, 0.05) is 11.5 Å². The minimum atomic E-state index is -4.09. The molecule has 38 heavy (non-hydrogen) atoms. The van der Waals surface area contributed by atoms with Gasteiger partial charge in [-0.1, -0.05) is 11.1 Å². The summed E-state index contributed by atoms with van der Waals surface area (Å²) in [6, 6.07) is 13.6. The monoisotopic (exact) mass is 558 g/mol. The van der Waals surface area contributed by atoms with Crippen LogP contribution in [0.5, 0.6) is 17.2 Å². The Labute approximate surface area is 218 Å². The van der Waals surface area contributed by atoms with Gasteiger partial charge in [0.2, 0.25) is 10.0 Å². The molecule has 0 saturated heterocycles. The van der Waals surface area contributed by atoms with Gasteiger partial charge in [0.15, 0.2) is 5.75 Å². The van der Waals surface area contributed by atoms with Crippen molar-refractivity contribution >= 4 is 61.3 Å². The van der Waals surface area contributed by atoms with Crippen molar-refractivity contribution in [2.24, 2.45) is 25.6 Å². The third-order valence-electron chi connectivity index (χ3n) is 5.01. The number of azo groups is 2. The minimum absolute atomic E-state index is 0.0206. The predicted octanol–water partition coefficient (Wildman–Crippen LogP) is 5.45. The summed E-state index contributed by atoms with van der Waals surface area (Å²) in [6.45, 7) is 0. The topological polar surface area (TPSA) is 235 Å². The van der Waals surface area contributed by atoms with E-state index >= 15 is 0 Å². The molecule has 8 N–H and O–H groups in total. The number of hydrogen-bond donors (Lipinski definition) is 6. The van der Waals surface area contributed by atoms with Gasteiger partial charge < -0.3 is 21.1 Å². The van der Waals surface area contributed by atoms with Crippen molar-refractivity contribution in [1.29, 1.82) is 0 Å². The minimum Gasteiger partial charge on any atom is -0.508 e. The Morgan fingerprint density at radius 3 is 2.32 bits per heavy atom. The number of aromatic hydroxyl groups is 3. The lowest BCUT2D eigenvalue weighted by Gasteiger charge is -2.09. The van der Waals surface area contributed by atoms with E-state index in [-0.39, 0.29) is 38.0 Å². The number of benzene rings is 4. The van der Waals surface area contributed by atoms with Gasteiger partial charge in [0.25, 0.3) is 0 Å². The largest absolute Gasteiger partial charge is 0.508 e. The van der Waals surface area contributed by atoms with Gasteiger partial charge in [0.1, 0.15) is 28.6 Å². The zero-order chi connectivity index (χ0) is 27.4. The van der Waals surface area contributed by atoms with Gasteiger partial charge in [-0.2, -0.15) is 5.11 Å². The standard InChI is InChI=1S/C22H18N6O8S2/c23-16-9-13(29)3-5-17(16)26-25-12-2-1-11-7-20(37-36-35-32)21(22(31)15(11)8-12)28-27-18-10-14(38(24,33)34)4-6-19(18)30/h1-10,29-32H,23H2,(H2,24,33,34). The molecule has 4 aromatic carbocycles. The number of fused-ring (bicyclic) bond motifs is 1. The maximum atomic E-state index is 11.6. The molecule has 0 radical (unpaired) electrons. The molecule has 0 heterocycles. The maximum absolute atomic E-state index is 11.6. The average Bonchev–Trinajstić information content (AvgIpc) is 2.87. The zero-order valence-electron chi connectivity index (χ0n) is 19.0. The smallest absolute Gasteiger partial charge is 0.238 e. The van der Waals surface area contributed by atoms with Crippen molar-refractivity contribution in [3.63, 3.8) is 0 Å². The summed E-state index contributed by atoms with van der Waals surface area (Å²) in [7, 11) is -4.09. The number of nitrogens with zero attached hydrogens (tertiary/aromatic N) is 4. The number of sulfonamides is 1. The fourth-order valence-corrected chi connectivity index (χ4v) is 4.24. The first-order chi connectivity index (χ1) is 18.1. The average molecular weight is 559 g/mol. The van der Waals surface area contributed by atoms with Gasteiger partial charge in [0.05, 0.1) is 33.2 Å². The van der Waals surface area contributed by atoms with Crippen LogP contribution in [0.4, 0.5) is 28.4 Å². The van der Waals surface area contributed by atoms with E-state index in [1.54, 1.807) is 12.1 Å². The molecule has 0 aliphatic heterocycles. The number of primary sulfonamides is 1. The Balaban J connectivity index is 1.78.